The van der Waals surface area contributed by atoms with Crippen LogP contribution in [0.25, 0.3) is 0 Å². The van der Waals surface area contributed by atoms with Gasteiger partial charge in [-0.05, 0) is 31.0 Å². The molecule has 0 amide bonds. The number of sulfonamides is 1. The molecule has 0 fully saturated rings. The number of carbonyl (C=O) groups is 1. The Labute approximate surface area is 206 Å². The maximum absolute atomic E-state index is 13.7. The molecule has 2 aromatic rings. The first-order valence-corrected chi connectivity index (χ1v) is 13.0. The van der Waals surface area contributed by atoms with E-state index < -0.39 is 27.4 Å². The van der Waals surface area contributed by atoms with Crippen LogP contribution >= 0.6 is 0 Å². The number of hydrogen-bond donors (Lipinski definition) is 2. The van der Waals surface area contributed by atoms with E-state index in [1.54, 1.807) is 25.1 Å². The first kappa shape index (κ1) is 26.5. The van der Waals surface area contributed by atoms with Gasteiger partial charge in [0.25, 0.3) is 0 Å². The molecule has 0 radical (unpaired) electrons. The predicted molar refractivity (Wildman–Crippen MR) is 135 cm³/mol. The third kappa shape index (κ3) is 5.76. The van der Waals surface area contributed by atoms with E-state index in [0.717, 1.165) is 18.5 Å². The molecule has 1 aliphatic rings. The number of carboxylic acid groups (broad SMARTS) is 1. The summed E-state index contributed by atoms with van der Waals surface area (Å²) in [5.41, 5.74) is 1.04. The van der Waals surface area contributed by atoms with Gasteiger partial charge in [0.2, 0.25) is 15.9 Å². The molecule has 0 aromatic heterocycles. The molecule has 1 heterocycles. The molecule has 1 aliphatic heterocycles. The fraction of sp³-hybridized carbons (Fsp3) is 0.400. The molecule has 0 unspecified atom stereocenters. The number of ether oxygens (including phenoxy) is 1. The zero-order valence-corrected chi connectivity index (χ0v) is 21.2. The van der Waals surface area contributed by atoms with Crippen LogP contribution in [-0.2, 0) is 14.8 Å². The lowest BCUT2D eigenvalue weighted by atomic mass is 9.89. The van der Waals surface area contributed by atoms with E-state index in [1.807, 2.05) is 42.2 Å². The normalized spacial score (nSPS) is 19.6. The fourth-order valence-corrected chi connectivity index (χ4v) is 5.88. The molecular formula is C25H32FN3O5S. The van der Waals surface area contributed by atoms with Crippen LogP contribution in [0.2, 0.25) is 0 Å². The van der Waals surface area contributed by atoms with Crippen molar-refractivity contribution >= 4 is 33.1 Å². The standard InChI is InChI=1S/C25H32FN3O5S/c1-5-7-13-25(6-2)17-29(18-11-9-8-10-12-18)21-14-20(28(3)4)22(34-16-19(26)24(30)31)15-23(21)35(32,33)27-25/h8-12,14-16,27H,5-7,13,17H2,1-4H3,(H,30,31)/b19-16-/t25-/m0/s1. The van der Waals surface area contributed by atoms with Gasteiger partial charge in [0.05, 0.1) is 16.9 Å². The number of carboxylic acids is 1. The Balaban J connectivity index is 2.27. The summed E-state index contributed by atoms with van der Waals surface area (Å²) in [4.78, 5) is 14.5. The summed E-state index contributed by atoms with van der Waals surface area (Å²) >= 11 is 0. The monoisotopic (exact) mass is 505 g/mol. The molecule has 2 aromatic carbocycles. The zero-order valence-electron chi connectivity index (χ0n) is 20.4. The van der Waals surface area contributed by atoms with Gasteiger partial charge in [-0.15, -0.1) is 0 Å². The van der Waals surface area contributed by atoms with E-state index in [2.05, 4.69) is 11.6 Å². The number of rotatable bonds is 9. The molecule has 0 saturated heterocycles. The second-order valence-corrected chi connectivity index (χ2v) is 10.5. The maximum Gasteiger partial charge on any atom is 0.368 e. The van der Waals surface area contributed by atoms with Crippen molar-refractivity contribution in [2.24, 2.45) is 0 Å². The van der Waals surface area contributed by atoms with Crippen molar-refractivity contribution in [3.05, 3.63) is 54.6 Å². The van der Waals surface area contributed by atoms with Crippen molar-refractivity contribution in [2.45, 2.75) is 50.0 Å². The van der Waals surface area contributed by atoms with Crippen LogP contribution in [0.1, 0.15) is 39.5 Å². The average Bonchev–Trinajstić information content (AvgIpc) is 2.93. The molecule has 1 atom stereocenters. The summed E-state index contributed by atoms with van der Waals surface area (Å²) in [6.07, 6.45) is 3.48. The van der Waals surface area contributed by atoms with Crippen molar-refractivity contribution in [1.82, 2.24) is 4.72 Å². The van der Waals surface area contributed by atoms with Crippen LogP contribution in [0, 0.1) is 0 Å². The molecule has 190 valence electrons. The third-order valence-corrected chi connectivity index (χ3v) is 7.77. The van der Waals surface area contributed by atoms with Crippen molar-refractivity contribution in [3.8, 4) is 5.75 Å². The van der Waals surface area contributed by atoms with E-state index in [1.165, 1.54) is 6.07 Å². The van der Waals surface area contributed by atoms with Gasteiger partial charge in [-0.1, -0.05) is 44.9 Å². The van der Waals surface area contributed by atoms with Crippen LogP contribution in [-0.4, -0.2) is 45.7 Å². The van der Waals surface area contributed by atoms with E-state index in [9.17, 15) is 17.6 Å². The quantitative estimate of drug-likeness (QED) is 0.373. The van der Waals surface area contributed by atoms with E-state index in [-0.39, 0.29) is 10.6 Å². The largest absolute Gasteiger partial charge is 0.476 e. The average molecular weight is 506 g/mol. The molecule has 8 nitrogen and oxygen atoms in total. The topological polar surface area (TPSA) is 99.2 Å². The lowest BCUT2D eigenvalue weighted by molar-refractivity contribution is -0.134. The third-order valence-electron chi connectivity index (χ3n) is 6.16. The second kappa shape index (κ2) is 10.7. The summed E-state index contributed by atoms with van der Waals surface area (Å²) < 4.78 is 49.3. The molecule has 3 rings (SSSR count). The van der Waals surface area contributed by atoms with Gasteiger partial charge in [0, 0.05) is 32.4 Å². The van der Waals surface area contributed by atoms with Crippen molar-refractivity contribution in [2.75, 3.05) is 30.4 Å². The van der Waals surface area contributed by atoms with Gasteiger partial charge in [0.15, 0.2) is 5.75 Å². The zero-order chi connectivity index (χ0) is 25.8. The summed E-state index contributed by atoms with van der Waals surface area (Å²) in [6, 6.07) is 12.5. The Morgan fingerprint density at radius 1 is 1.26 bits per heavy atom. The number of hydrogen-bond acceptors (Lipinski definition) is 6. The summed E-state index contributed by atoms with van der Waals surface area (Å²) in [5, 5.41) is 8.82. The van der Waals surface area contributed by atoms with Crippen LogP contribution < -0.4 is 19.3 Å². The molecule has 0 saturated carbocycles. The molecule has 35 heavy (non-hydrogen) atoms. The number of unbranched alkanes of at least 4 members (excludes halogenated alkanes) is 1. The SMILES string of the molecule is CCCC[C@@]1(CC)CN(c2ccccc2)c2cc(N(C)C)c(O/C=C(\F)C(=O)O)cc2S(=O)(=O)N1. The Morgan fingerprint density at radius 3 is 2.51 bits per heavy atom. The van der Waals surface area contributed by atoms with Gasteiger partial charge >= 0.3 is 5.97 Å². The van der Waals surface area contributed by atoms with Gasteiger partial charge in [-0.25, -0.2) is 17.9 Å². The smallest absolute Gasteiger partial charge is 0.368 e. The van der Waals surface area contributed by atoms with Crippen LogP contribution in [0.15, 0.2) is 59.4 Å². The number of anilines is 3. The second-order valence-electron chi connectivity index (χ2n) is 8.84. The van der Waals surface area contributed by atoms with Crippen molar-refractivity contribution < 1.29 is 27.4 Å². The molecule has 0 spiro atoms. The first-order chi connectivity index (χ1) is 16.5. The lowest BCUT2D eigenvalue weighted by Crippen LogP contribution is -2.52. The van der Waals surface area contributed by atoms with Crippen molar-refractivity contribution in [3.63, 3.8) is 0 Å². The molecule has 0 aliphatic carbocycles. The first-order valence-electron chi connectivity index (χ1n) is 11.5. The minimum Gasteiger partial charge on any atom is -0.476 e. The van der Waals surface area contributed by atoms with Gasteiger partial charge < -0.3 is 19.6 Å². The number of para-hydroxylation sites is 1. The van der Waals surface area contributed by atoms with Gasteiger partial charge in [-0.2, -0.15) is 4.39 Å². The highest BCUT2D eigenvalue weighted by Gasteiger charge is 2.41. The highest BCUT2D eigenvalue weighted by atomic mass is 32.2. The Morgan fingerprint density at radius 2 is 1.94 bits per heavy atom. The molecule has 10 heteroatoms. The number of benzene rings is 2. The molecular weight excluding hydrogens is 473 g/mol. The van der Waals surface area contributed by atoms with Crippen LogP contribution in [0.4, 0.5) is 21.5 Å². The molecule has 2 N–H and O–H groups in total. The molecule has 0 bridgehead atoms. The Hall–Kier alpha value is -3.11. The predicted octanol–water partition coefficient (Wildman–Crippen LogP) is 4.80. The Kier molecular flexibility index (Phi) is 8.07. The summed E-state index contributed by atoms with van der Waals surface area (Å²) in [6.45, 7) is 4.45. The minimum atomic E-state index is -4.01. The van der Waals surface area contributed by atoms with Crippen molar-refractivity contribution in [1.29, 1.82) is 0 Å². The van der Waals surface area contributed by atoms with Crippen LogP contribution in [0.5, 0.6) is 5.75 Å². The van der Waals surface area contributed by atoms with Gasteiger partial charge in [-0.3, -0.25) is 0 Å². The lowest BCUT2D eigenvalue weighted by Gasteiger charge is -2.36. The summed E-state index contributed by atoms with van der Waals surface area (Å²) in [7, 11) is -0.539. The van der Waals surface area contributed by atoms with Gasteiger partial charge in [0.1, 0.15) is 11.2 Å². The fourth-order valence-electron chi connectivity index (χ4n) is 4.18. The number of halogens is 1. The number of nitrogens with zero attached hydrogens (tertiary/aromatic N) is 2. The highest BCUT2D eigenvalue weighted by Crippen LogP contribution is 2.44. The number of nitrogens with one attached hydrogen (secondary N) is 1. The summed E-state index contributed by atoms with van der Waals surface area (Å²) in [5.74, 6) is -3.26. The van der Waals surface area contributed by atoms with Crippen LogP contribution in [0.3, 0.4) is 0 Å². The van der Waals surface area contributed by atoms with E-state index in [0.29, 0.717) is 37.0 Å². The van der Waals surface area contributed by atoms with E-state index in [4.69, 9.17) is 9.84 Å². The Bertz CT molecular complexity index is 1200. The van der Waals surface area contributed by atoms with E-state index >= 15 is 0 Å². The number of fused-ring (bicyclic) bond motifs is 1. The number of aliphatic carboxylic acids is 1. The maximum atomic E-state index is 13.7. The minimum absolute atomic E-state index is 0.0149. The highest BCUT2D eigenvalue weighted by molar-refractivity contribution is 7.89.